The molecule has 0 fully saturated rings. The Bertz CT molecular complexity index is 781. The number of halogens is 1. The van der Waals surface area contributed by atoms with Gasteiger partial charge in [0.15, 0.2) is 15.0 Å². The number of hydrogen-bond donors (Lipinski definition) is 1. The Morgan fingerprint density at radius 3 is 2.59 bits per heavy atom. The van der Waals surface area contributed by atoms with Gasteiger partial charge in [0.2, 0.25) is 5.91 Å². The van der Waals surface area contributed by atoms with Crippen LogP contribution in [0.3, 0.4) is 0 Å². The molecule has 0 aliphatic heterocycles. The van der Waals surface area contributed by atoms with Crippen molar-refractivity contribution >= 4 is 43.8 Å². The summed E-state index contributed by atoms with van der Waals surface area (Å²) in [4.78, 5) is 17.1. The van der Waals surface area contributed by atoms with Crippen LogP contribution in [0.25, 0.3) is 0 Å². The van der Waals surface area contributed by atoms with Crippen molar-refractivity contribution in [3.05, 3.63) is 39.9 Å². The van der Waals surface area contributed by atoms with Gasteiger partial charge in [-0.1, -0.05) is 23.7 Å². The lowest BCUT2D eigenvalue weighted by atomic mass is 10.4. The number of carbonyl (C=O) groups is 1. The topological polar surface area (TPSA) is 76.1 Å². The Morgan fingerprint density at radius 1 is 1.32 bits per heavy atom. The molecule has 0 aliphatic carbocycles. The van der Waals surface area contributed by atoms with E-state index in [4.69, 9.17) is 11.6 Å². The normalized spacial score (nSPS) is 11.4. The van der Waals surface area contributed by atoms with Crippen LogP contribution in [-0.2, 0) is 14.6 Å². The van der Waals surface area contributed by atoms with E-state index in [2.05, 4.69) is 10.3 Å². The van der Waals surface area contributed by atoms with Gasteiger partial charge in [-0.25, -0.2) is 13.4 Å². The molecule has 2 aromatic rings. The first-order valence-corrected chi connectivity index (χ1v) is 9.35. The van der Waals surface area contributed by atoms with Gasteiger partial charge in [-0.2, -0.15) is 0 Å². The van der Waals surface area contributed by atoms with Gasteiger partial charge in [0.25, 0.3) is 0 Å². The zero-order chi connectivity index (χ0) is 16.3. The monoisotopic (exact) mass is 358 g/mol. The van der Waals surface area contributed by atoms with Crippen LogP contribution < -0.4 is 5.32 Å². The van der Waals surface area contributed by atoms with E-state index in [1.807, 2.05) is 13.8 Å². The van der Waals surface area contributed by atoms with Crippen molar-refractivity contribution in [3.8, 4) is 0 Å². The molecular weight excluding hydrogens is 344 g/mol. The second-order valence-electron chi connectivity index (χ2n) is 4.71. The lowest BCUT2D eigenvalue weighted by molar-refractivity contribution is -0.115. The number of carbonyl (C=O) groups excluding carboxylic acids is 1. The molecule has 1 aromatic heterocycles. The number of aryl methyl sites for hydroxylation is 2. The summed E-state index contributed by atoms with van der Waals surface area (Å²) in [7, 11) is -3.59. The lowest BCUT2D eigenvalue weighted by Crippen LogP contribution is -2.17. The molecule has 0 atom stereocenters. The summed E-state index contributed by atoms with van der Waals surface area (Å²) >= 11 is 7.25. The fourth-order valence-corrected chi connectivity index (χ4v) is 4.39. The predicted molar refractivity (Wildman–Crippen MR) is 88.3 cm³/mol. The van der Waals surface area contributed by atoms with E-state index < -0.39 is 9.84 Å². The SMILES string of the molecule is Cc1nc(NC(=O)CCS(=O)(=O)c2ccccc2Cl)sc1C. The molecule has 0 saturated carbocycles. The standard InChI is InChI=1S/C14H15ClN2O3S2/c1-9-10(2)21-14(16-9)17-13(18)7-8-22(19,20)12-6-4-3-5-11(12)15/h3-6H,7-8H2,1-2H3,(H,16,17,18). The lowest BCUT2D eigenvalue weighted by Gasteiger charge is -2.06. The zero-order valence-corrected chi connectivity index (χ0v) is 14.5. The Labute approximate surface area is 138 Å². The number of sulfone groups is 1. The third-order valence-corrected chi connectivity index (χ3v) is 6.24. The van der Waals surface area contributed by atoms with Crippen LogP contribution in [0.5, 0.6) is 0 Å². The third kappa shape index (κ3) is 4.06. The molecule has 0 aliphatic rings. The highest BCUT2D eigenvalue weighted by atomic mass is 35.5. The van der Waals surface area contributed by atoms with Gasteiger partial charge in [-0.15, -0.1) is 11.3 Å². The molecule has 0 saturated heterocycles. The van der Waals surface area contributed by atoms with Crippen molar-refractivity contribution in [3.63, 3.8) is 0 Å². The van der Waals surface area contributed by atoms with Crippen LogP contribution in [0.15, 0.2) is 29.2 Å². The summed E-state index contributed by atoms with van der Waals surface area (Å²) in [5.41, 5.74) is 0.851. The smallest absolute Gasteiger partial charge is 0.227 e. The first-order valence-electron chi connectivity index (χ1n) is 6.51. The molecule has 8 heteroatoms. The second kappa shape index (κ2) is 6.76. The molecule has 1 amide bonds. The Kier molecular flexibility index (Phi) is 5.20. The van der Waals surface area contributed by atoms with E-state index in [0.717, 1.165) is 10.6 Å². The van der Waals surface area contributed by atoms with Gasteiger partial charge in [0, 0.05) is 11.3 Å². The number of nitrogens with one attached hydrogen (secondary N) is 1. The largest absolute Gasteiger partial charge is 0.302 e. The number of rotatable bonds is 5. The number of aromatic nitrogens is 1. The van der Waals surface area contributed by atoms with Crippen LogP contribution in [0.2, 0.25) is 5.02 Å². The van der Waals surface area contributed by atoms with E-state index in [9.17, 15) is 13.2 Å². The Hall–Kier alpha value is -1.44. The molecule has 1 N–H and O–H groups in total. The summed E-state index contributed by atoms with van der Waals surface area (Å²) in [6.45, 7) is 3.76. The molecule has 0 bridgehead atoms. The maximum atomic E-state index is 12.2. The molecule has 118 valence electrons. The number of nitrogens with zero attached hydrogens (tertiary/aromatic N) is 1. The average Bonchev–Trinajstić information content (AvgIpc) is 2.75. The van der Waals surface area contributed by atoms with Gasteiger partial charge in [0.05, 0.1) is 21.4 Å². The quantitative estimate of drug-likeness (QED) is 0.890. The van der Waals surface area contributed by atoms with Crippen LogP contribution in [0, 0.1) is 13.8 Å². The number of benzene rings is 1. The highest BCUT2D eigenvalue weighted by molar-refractivity contribution is 7.91. The van der Waals surface area contributed by atoms with E-state index >= 15 is 0 Å². The molecule has 5 nitrogen and oxygen atoms in total. The summed E-state index contributed by atoms with van der Waals surface area (Å²) in [5.74, 6) is -0.685. The Balaban J connectivity index is 2.00. The highest BCUT2D eigenvalue weighted by Gasteiger charge is 2.19. The molecule has 22 heavy (non-hydrogen) atoms. The number of amides is 1. The summed E-state index contributed by atoms with van der Waals surface area (Å²) in [6.07, 6.45) is -0.148. The Morgan fingerprint density at radius 2 is 2.00 bits per heavy atom. The molecule has 0 unspecified atom stereocenters. The maximum Gasteiger partial charge on any atom is 0.227 e. The third-order valence-electron chi connectivity index (χ3n) is 3.04. The zero-order valence-electron chi connectivity index (χ0n) is 12.1. The van der Waals surface area contributed by atoms with E-state index in [-0.39, 0.29) is 28.0 Å². The molecule has 2 rings (SSSR count). The first-order chi connectivity index (χ1) is 10.3. The van der Waals surface area contributed by atoms with E-state index in [1.54, 1.807) is 12.1 Å². The van der Waals surface area contributed by atoms with Crippen molar-refractivity contribution in [2.24, 2.45) is 0 Å². The van der Waals surface area contributed by atoms with Crippen LogP contribution in [0.1, 0.15) is 17.0 Å². The minimum absolute atomic E-state index is 0.0467. The minimum atomic E-state index is -3.59. The number of anilines is 1. The number of hydrogen-bond acceptors (Lipinski definition) is 5. The maximum absolute atomic E-state index is 12.2. The molecule has 0 spiro atoms. The van der Waals surface area contributed by atoms with E-state index in [1.165, 1.54) is 23.5 Å². The fraction of sp³-hybridized carbons (Fsp3) is 0.286. The molecule has 1 heterocycles. The van der Waals surface area contributed by atoms with Gasteiger partial charge >= 0.3 is 0 Å². The molecule has 1 aromatic carbocycles. The van der Waals surface area contributed by atoms with Crippen molar-refractivity contribution in [2.75, 3.05) is 11.1 Å². The summed E-state index contributed by atoms with van der Waals surface area (Å²) < 4.78 is 24.4. The van der Waals surface area contributed by atoms with Gasteiger partial charge < -0.3 is 5.32 Å². The summed E-state index contributed by atoms with van der Waals surface area (Å²) in [5, 5.41) is 3.26. The minimum Gasteiger partial charge on any atom is -0.302 e. The van der Waals surface area contributed by atoms with Crippen LogP contribution >= 0.6 is 22.9 Å². The number of thiazole rings is 1. The van der Waals surface area contributed by atoms with E-state index in [0.29, 0.717) is 5.13 Å². The highest BCUT2D eigenvalue weighted by Crippen LogP contribution is 2.23. The summed E-state index contributed by atoms with van der Waals surface area (Å²) in [6, 6.07) is 6.19. The van der Waals surface area contributed by atoms with Crippen LogP contribution in [0.4, 0.5) is 5.13 Å². The van der Waals surface area contributed by atoms with Gasteiger partial charge in [-0.3, -0.25) is 4.79 Å². The predicted octanol–water partition coefficient (Wildman–Crippen LogP) is 3.22. The van der Waals surface area contributed by atoms with Gasteiger partial charge in [-0.05, 0) is 26.0 Å². The van der Waals surface area contributed by atoms with Crippen LogP contribution in [-0.4, -0.2) is 25.1 Å². The molecule has 0 radical (unpaired) electrons. The van der Waals surface area contributed by atoms with Crippen molar-refractivity contribution in [2.45, 2.75) is 25.2 Å². The van der Waals surface area contributed by atoms with Crippen molar-refractivity contribution in [1.29, 1.82) is 0 Å². The second-order valence-corrected chi connectivity index (χ2v) is 8.40. The average molecular weight is 359 g/mol. The van der Waals surface area contributed by atoms with Crippen molar-refractivity contribution < 1.29 is 13.2 Å². The van der Waals surface area contributed by atoms with Gasteiger partial charge in [0.1, 0.15) is 0 Å². The first kappa shape index (κ1) is 16.9. The fourth-order valence-electron chi connectivity index (χ4n) is 1.74. The van der Waals surface area contributed by atoms with Crippen molar-refractivity contribution in [1.82, 2.24) is 4.98 Å². The molecular formula is C14H15ClN2O3S2.